The topological polar surface area (TPSA) is 101 Å². The van der Waals surface area contributed by atoms with Gasteiger partial charge in [0.15, 0.2) is 5.78 Å². The van der Waals surface area contributed by atoms with E-state index in [1.54, 1.807) is 24.5 Å². The molecular formula is C109H94Ir3N8O3-2. The fraction of sp³-hybridized carbons (Fsp3) is 0.0826. The first-order valence-electron chi connectivity index (χ1n) is 39.7. The van der Waals surface area contributed by atoms with Gasteiger partial charge in [-0.1, -0.05) is 226 Å². The molecule has 2 N–H and O–H groups in total. The monoisotopic (exact) mass is 2140 g/mol. The van der Waals surface area contributed by atoms with Gasteiger partial charge in [-0.25, -0.2) is 4.98 Å². The Hall–Kier alpha value is -12.9. The Kier molecular flexibility index (Phi) is 34.3. The summed E-state index contributed by atoms with van der Waals surface area (Å²) in [6, 6.07) is 136. The number of benzene rings is 14. The van der Waals surface area contributed by atoms with Crippen LogP contribution in [-0.2, 0) is 65.1 Å². The predicted octanol–water partition coefficient (Wildman–Crippen LogP) is 27.3. The fourth-order valence-corrected chi connectivity index (χ4v) is 14.4. The number of para-hydroxylation sites is 7. The van der Waals surface area contributed by atoms with Gasteiger partial charge in [-0.3, -0.25) is 11.8 Å². The largest absolute Gasteiger partial charge is 3.00 e. The molecule has 123 heavy (non-hydrogen) atoms. The molecule has 11 nitrogen and oxygen atoms in total. The number of aromatic nitrogens is 2. The van der Waals surface area contributed by atoms with Crippen molar-refractivity contribution in [2.75, 3.05) is 51.0 Å². The third-order valence-electron chi connectivity index (χ3n) is 20.0. The average molecular weight is 2140 g/mol. The minimum atomic E-state index is -0.125. The fourth-order valence-electron chi connectivity index (χ4n) is 14.4. The third kappa shape index (κ3) is 24.7. The Labute approximate surface area is 766 Å². The van der Waals surface area contributed by atoms with Crippen molar-refractivity contribution in [2.45, 2.75) is 41.5 Å². The number of fused-ring (bicyclic) bond motifs is 2. The van der Waals surface area contributed by atoms with E-state index in [1.807, 2.05) is 115 Å². The number of allylic oxidation sites excluding steroid dienone is 2. The molecule has 14 aromatic carbocycles. The Morgan fingerprint density at radius 1 is 0.447 bits per heavy atom. The zero-order valence-electron chi connectivity index (χ0n) is 70.0. The summed E-state index contributed by atoms with van der Waals surface area (Å²) in [5.74, 6) is 1.21. The zero-order chi connectivity index (χ0) is 83.7. The second kappa shape index (κ2) is 45.7. The van der Waals surface area contributed by atoms with Gasteiger partial charge >= 0.3 is 40.2 Å². The van der Waals surface area contributed by atoms with Crippen LogP contribution >= 0.6 is 0 Å². The van der Waals surface area contributed by atoms with Gasteiger partial charge in [-0.2, -0.15) is 85.6 Å². The summed E-state index contributed by atoms with van der Waals surface area (Å²) in [6.45, 7) is 15.8. The van der Waals surface area contributed by atoms with Crippen LogP contribution in [0.3, 0.4) is 0 Å². The number of aryl methyl sites for hydroxylation is 3. The summed E-state index contributed by atoms with van der Waals surface area (Å²) in [4.78, 5) is 28.9. The number of aliphatic hydroxyl groups is 1. The molecule has 4 heterocycles. The summed E-state index contributed by atoms with van der Waals surface area (Å²) in [6.07, 6.45) is 4.65. The number of anilines is 9. The van der Waals surface area contributed by atoms with Gasteiger partial charge in [0.2, 0.25) is 5.88 Å². The van der Waals surface area contributed by atoms with E-state index in [-0.39, 0.29) is 71.9 Å². The normalized spacial score (nSPS) is 11.3. The molecule has 0 fully saturated rings. The Morgan fingerprint density at radius 3 is 1.46 bits per heavy atom. The zero-order valence-corrected chi connectivity index (χ0v) is 77.2. The summed E-state index contributed by atoms with van der Waals surface area (Å²) >= 11 is 0. The maximum absolute atomic E-state index is 10.0. The summed E-state index contributed by atoms with van der Waals surface area (Å²) in [5, 5.41) is 11.9. The van der Waals surface area contributed by atoms with E-state index in [2.05, 4.69) is 364 Å². The van der Waals surface area contributed by atoms with Crippen molar-refractivity contribution in [1.29, 1.82) is 0 Å². The maximum Gasteiger partial charge on any atom is 3.00 e. The van der Waals surface area contributed by atoms with Gasteiger partial charge in [0.25, 0.3) is 0 Å². The molecule has 2 aliphatic heterocycles. The van der Waals surface area contributed by atoms with E-state index >= 15 is 0 Å². The Balaban J connectivity index is 0.000000162. The molecule has 1 radical (unpaired) electrons. The summed E-state index contributed by atoms with van der Waals surface area (Å²) in [5.41, 5.74) is 31.7. The van der Waals surface area contributed by atoms with Crippen molar-refractivity contribution in [3.8, 4) is 89.6 Å². The molecule has 0 spiro atoms. The molecule has 0 unspecified atom stereocenters. The van der Waals surface area contributed by atoms with E-state index in [1.165, 1.54) is 132 Å². The molecule has 0 bridgehead atoms. The number of carbonyl (C=O) groups is 1. The Bertz CT molecular complexity index is 5930. The molecule has 0 aliphatic carbocycles. The minimum absolute atomic E-state index is 0. The molecule has 617 valence electrons. The smallest absolute Gasteiger partial charge is 0.526 e. The number of aliphatic hydroxyl groups excluding tert-OH is 1. The number of nitrogens with zero attached hydrogens (tertiary/aromatic N) is 7. The van der Waals surface area contributed by atoms with E-state index in [0.717, 1.165) is 39.7 Å². The molecule has 0 amide bonds. The van der Waals surface area contributed by atoms with Crippen LogP contribution in [-0.4, -0.2) is 42.0 Å². The second-order valence-electron chi connectivity index (χ2n) is 28.9. The average Bonchev–Trinajstić information content (AvgIpc) is 1.54. The van der Waals surface area contributed by atoms with E-state index in [4.69, 9.17) is 9.84 Å². The molecule has 0 saturated carbocycles. The van der Waals surface area contributed by atoms with Crippen molar-refractivity contribution in [2.24, 2.45) is 0 Å². The number of hydrogen-bond acceptors (Lipinski definition) is 11. The SMILES string of the molecule is CC(=O)C=C(C)O.CN1[CH-]N(c2[c-]ccc(-c3ccc(-c4ccccc4)cc3)c2)c2ccccc21.Cc1c[c-]c(N2[CH-]N(C)c3ccccc32)c(C)c1-c1ccc(-c2ccccc2)cc1.[CH2-]N(C)c1ccccc1Nc1[c-]ccc(-c2c(C)cc(-c3ccccc3)cc2C)c1.[Ir+3].[Ir+3].[Ir].[c-]1ccccc1-c1ccccn1.[c-]1ccccc1Oc1ccccn1. The van der Waals surface area contributed by atoms with Crippen LogP contribution < -0.4 is 34.6 Å². The summed E-state index contributed by atoms with van der Waals surface area (Å²) < 4.78 is 5.41. The van der Waals surface area contributed by atoms with E-state index in [0.29, 0.717) is 11.6 Å². The number of ketones is 1. The quantitative estimate of drug-likeness (QED) is 0.0583. The van der Waals surface area contributed by atoms with Gasteiger partial charge in [0.1, 0.15) is 0 Å². The van der Waals surface area contributed by atoms with Crippen LogP contribution in [0.4, 0.5) is 51.2 Å². The number of carbonyl (C=O) groups excluding carboxylic acids is 1. The van der Waals surface area contributed by atoms with Crippen LogP contribution in [0.25, 0.3) is 78.0 Å². The first-order chi connectivity index (χ1) is 58.5. The number of nitrogens with one attached hydrogen (secondary N) is 1. The van der Waals surface area contributed by atoms with Crippen molar-refractivity contribution in [3.05, 3.63) is 449 Å². The standard InChI is InChI=1S/C28H24N2.C28H26N2.C26H20N2.C11H8NO.C11H8N.C5H8O2.3Ir/c1-20-13-18-25(30-19-29(3)26-11-7-8-12-27(26)30)21(2)28(20)24-16-14-23(15-17-24)22-9-5-4-6-10-22;1-20-17-24(22-11-6-5-7-12-22)18-21(2)28(20)23-13-10-14-25(19-23)29-26-15-8-9-16-27(26)30(3)4;1-27-19-28(26-13-6-5-12-25(26)27)24-11-7-10-23(18-24)22-16-14-21(15-17-22)20-8-3-2-4-9-20;1-2-6-10(7-3-1)13-11-8-4-5-9-12-11;1-2-6-10(7-3-1)11-8-4-5-9-12-11;1-4(6)3-5(2)7;;;/h4-17,19H,1-3H3;5-13,15-19,29H,3H2,1-2,4H3;2-10,12-19H,1H3;1-6,8-9H;1-6,8-9H;3,6H,1-2H3;;;/q3*-2;2*-1;;;2*+3. The van der Waals surface area contributed by atoms with Crippen LogP contribution in [0.2, 0.25) is 0 Å². The van der Waals surface area contributed by atoms with Gasteiger partial charge in [0, 0.05) is 78.8 Å². The van der Waals surface area contributed by atoms with Gasteiger partial charge < -0.3 is 44.6 Å². The second-order valence-corrected chi connectivity index (χ2v) is 28.9. The van der Waals surface area contributed by atoms with Gasteiger partial charge in [-0.15, -0.1) is 93.8 Å². The third-order valence-corrected chi connectivity index (χ3v) is 20.0. The van der Waals surface area contributed by atoms with Crippen LogP contribution in [0.5, 0.6) is 11.6 Å². The van der Waals surface area contributed by atoms with Crippen LogP contribution in [0.1, 0.15) is 36.1 Å². The number of hydrogen-bond donors (Lipinski definition) is 2. The van der Waals surface area contributed by atoms with Crippen molar-refractivity contribution in [1.82, 2.24) is 9.97 Å². The minimum Gasteiger partial charge on any atom is -0.526 e. The van der Waals surface area contributed by atoms with Crippen LogP contribution in [0.15, 0.2) is 376 Å². The number of rotatable bonds is 15. The molecule has 18 rings (SSSR count). The molecule has 16 aromatic rings. The molecule has 0 atom stereocenters. The Morgan fingerprint density at radius 2 is 0.927 bits per heavy atom. The van der Waals surface area contributed by atoms with Gasteiger partial charge in [0.05, 0.1) is 11.4 Å². The number of ether oxygens (including phenoxy) is 1. The van der Waals surface area contributed by atoms with Gasteiger partial charge in [-0.05, 0) is 164 Å². The molecular weight excluding hydrogens is 2050 g/mol. The molecule has 0 saturated heterocycles. The van der Waals surface area contributed by atoms with Crippen molar-refractivity contribution >= 4 is 57.0 Å². The van der Waals surface area contributed by atoms with E-state index < -0.39 is 0 Å². The van der Waals surface area contributed by atoms with Crippen molar-refractivity contribution < 1.29 is 75.0 Å². The maximum atomic E-state index is 10.0. The van der Waals surface area contributed by atoms with Crippen LogP contribution in [0, 0.1) is 78.4 Å². The first kappa shape index (κ1) is 92.4. The first-order valence-corrected chi connectivity index (χ1v) is 39.7. The molecule has 14 heteroatoms. The molecule has 2 aliphatic rings. The van der Waals surface area contributed by atoms with E-state index in [9.17, 15) is 4.79 Å². The molecule has 2 aromatic heterocycles. The number of pyridine rings is 2. The predicted molar refractivity (Wildman–Crippen MR) is 499 cm³/mol. The van der Waals surface area contributed by atoms with Crippen molar-refractivity contribution in [3.63, 3.8) is 0 Å². The summed E-state index contributed by atoms with van der Waals surface area (Å²) in [7, 11) is 10.1.